The van der Waals surface area contributed by atoms with E-state index < -0.39 is 0 Å². The summed E-state index contributed by atoms with van der Waals surface area (Å²) >= 11 is 5.84. The van der Waals surface area contributed by atoms with E-state index >= 15 is 0 Å². The van der Waals surface area contributed by atoms with Crippen LogP contribution in [-0.2, 0) is 6.54 Å². The summed E-state index contributed by atoms with van der Waals surface area (Å²) in [5.41, 5.74) is 10.0. The van der Waals surface area contributed by atoms with E-state index in [0.717, 1.165) is 28.5 Å². The largest absolute Gasteiger partial charge is 0.397 e. The molecular formula is C16H21ClN2. The van der Waals surface area contributed by atoms with Crippen molar-refractivity contribution < 1.29 is 0 Å². The van der Waals surface area contributed by atoms with Crippen molar-refractivity contribution in [1.82, 2.24) is 0 Å². The Kier molecular flexibility index (Phi) is 6.23. The summed E-state index contributed by atoms with van der Waals surface area (Å²) in [5, 5.41) is 4.10. The summed E-state index contributed by atoms with van der Waals surface area (Å²) in [4.78, 5) is 0. The van der Waals surface area contributed by atoms with Crippen LogP contribution in [0.3, 0.4) is 0 Å². The molecular weight excluding hydrogens is 256 g/mol. The minimum Gasteiger partial charge on any atom is -0.397 e. The molecule has 0 heterocycles. The van der Waals surface area contributed by atoms with Gasteiger partial charge in [-0.25, -0.2) is 0 Å². The quantitative estimate of drug-likeness (QED) is 0.785. The molecule has 2 rings (SSSR count). The molecule has 19 heavy (non-hydrogen) atoms. The summed E-state index contributed by atoms with van der Waals surface area (Å²) in [6.45, 7) is 6.78. The van der Waals surface area contributed by atoms with E-state index in [1.54, 1.807) is 0 Å². The molecule has 2 aromatic carbocycles. The number of para-hydroxylation sites is 1. The normalized spacial score (nSPS) is 9.47. The summed E-state index contributed by atoms with van der Waals surface area (Å²) in [6, 6.07) is 13.7. The molecule has 0 bridgehead atoms. The first-order chi connectivity index (χ1) is 9.16. The number of halogens is 1. The molecule has 0 atom stereocenters. The predicted octanol–water partition coefficient (Wildman–Crippen LogP) is 4.87. The van der Waals surface area contributed by atoms with Gasteiger partial charge >= 0.3 is 0 Å². The van der Waals surface area contributed by atoms with Crippen LogP contribution in [-0.4, -0.2) is 0 Å². The maximum atomic E-state index is 5.93. The van der Waals surface area contributed by atoms with Crippen molar-refractivity contribution in [3.8, 4) is 0 Å². The van der Waals surface area contributed by atoms with Crippen LogP contribution in [0.2, 0.25) is 5.02 Å². The van der Waals surface area contributed by atoms with Gasteiger partial charge in [0.05, 0.1) is 11.4 Å². The smallest absolute Gasteiger partial charge is 0.0606 e. The standard InChI is InChI=1S/C14H15ClN2.C2H6/c1-10-3-2-4-13(16)14(10)17-9-11-5-7-12(15)8-6-11;1-2/h2-8,17H,9,16H2,1H3;1-2H3. The Hall–Kier alpha value is -1.67. The lowest BCUT2D eigenvalue weighted by molar-refractivity contribution is 1.14. The highest BCUT2D eigenvalue weighted by molar-refractivity contribution is 6.30. The number of hydrogen-bond donors (Lipinski definition) is 2. The highest BCUT2D eigenvalue weighted by Crippen LogP contribution is 2.23. The van der Waals surface area contributed by atoms with Crippen LogP contribution in [0.4, 0.5) is 11.4 Å². The molecule has 0 radical (unpaired) electrons. The third kappa shape index (κ3) is 4.49. The number of nitrogen functional groups attached to an aromatic ring is 1. The number of hydrogen-bond acceptors (Lipinski definition) is 2. The monoisotopic (exact) mass is 276 g/mol. The van der Waals surface area contributed by atoms with E-state index in [-0.39, 0.29) is 0 Å². The number of rotatable bonds is 3. The van der Waals surface area contributed by atoms with Crippen LogP contribution in [0.1, 0.15) is 25.0 Å². The van der Waals surface area contributed by atoms with Crippen molar-refractivity contribution in [3.63, 3.8) is 0 Å². The summed E-state index contributed by atoms with van der Waals surface area (Å²) in [6.07, 6.45) is 0. The zero-order valence-electron chi connectivity index (χ0n) is 11.7. The summed E-state index contributed by atoms with van der Waals surface area (Å²) < 4.78 is 0. The molecule has 3 N–H and O–H groups in total. The highest BCUT2D eigenvalue weighted by atomic mass is 35.5. The molecule has 2 aromatic rings. The third-order valence-electron chi connectivity index (χ3n) is 2.69. The Morgan fingerprint density at radius 3 is 2.26 bits per heavy atom. The zero-order valence-corrected chi connectivity index (χ0v) is 12.5. The Labute approximate surface area is 120 Å². The van der Waals surface area contributed by atoms with Gasteiger partial charge in [0, 0.05) is 11.6 Å². The SMILES string of the molecule is CC.Cc1cccc(N)c1NCc1ccc(Cl)cc1. The Bertz CT molecular complexity index is 486. The number of aryl methyl sites for hydroxylation is 1. The van der Waals surface area contributed by atoms with E-state index in [9.17, 15) is 0 Å². The lowest BCUT2D eigenvalue weighted by atomic mass is 10.1. The molecule has 0 unspecified atom stereocenters. The van der Waals surface area contributed by atoms with E-state index in [1.807, 2.05) is 63.2 Å². The Morgan fingerprint density at radius 2 is 1.68 bits per heavy atom. The molecule has 0 aromatic heterocycles. The van der Waals surface area contributed by atoms with Gasteiger partial charge in [-0.05, 0) is 36.2 Å². The molecule has 2 nitrogen and oxygen atoms in total. The van der Waals surface area contributed by atoms with Crippen LogP contribution in [0.5, 0.6) is 0 Å². The molecule has 0 aliphatic carbocycles. The number of benzene rings is 2. The minimum atomic E-state index is 0.742. The molecule has 0 aliphatic rings. The van der Waals surface area contributed by atoms with Gasteiger partial charge in [-0.1, -0.05) is 49.7 Å². The topological polar surface area (TPSA) is 38.0 Å². The lowest BCUT2D eigenvalue weighted by Gasteiger charge is -2.12. The summed E-state index contributed by atoms with van der Waals surface area (Å²) in [7, 11) is 0. The fraction of sp³-hybridized carbons (Fsp3) is 0.250. The maximum absolute atomic E-state index is 5.93. The van der Waals surface area contributed by atoms with Crippen molar-refractivity contribution in [1.29, 1.82) is 0 Å². The first-order valence-electron chi connectivity index (χ1n) is 6.50. The zero-order chi connectivity index (χ0) is 14.3. The molecule has 0 spiro atoms. The van der Waals surface area contributed by atoms with Gasteiger partial charge in [0.1, 0.15) is 0 Å². The van der Waals surface area contributed by atoms with Gasteiger partial charge < -0.3 is 11.1 Å². The third-order valence-corrected chi connectivity index (χ3v) is 2.94. The van der Waals surface area contributed by atoms with E-state index in [0.29, 0.717) is 0 Å². The van der Waals surface area contributed by atoms with Gasteiger partial charge in [-0.3, -0.25) is 0 Å². The van der Waals surface area contributed by atoms with Gasteiger partial charge in [-0.15, -0.1) is 0 Å². The molecule has 102 valence electrons. The maximum Gasteiger partial charge on any atom is 0.0606 e. The average molecular weight is 277 g/mol. The highest BCUT2D eigenvalue weighted by Gasteiger charge is 2.01. The van der Waals surface area contributed by atoms with Crippen molar-refractivity contribution in [2.45, 2.75) is 27.3 Å². The average Bonchev–Trinajstić information content (AvgIpc) is 2.42. The summed E-state index contributed by atoms with van der Waals surface area (Å²) in [5.74, 6) is 0. The number of nitrogens with two attached hydrogens (primary N) is 1. The lowest BCUT2D eigenvalue weighted by Crippen LogP contribution is -2.03. The van der Waals surface area contributed by atoms with Crippen LogP contribution in [0.25, 0.3) is 0 Å². The molecule has 0 saturated carbocycles. The number of anilines is 2. The second-order valence-electron chi connectivity index (χ2n) is 4.02. The van der Waals surface area contributed by atoms with E-state index in [2.05, 4.69) is 5.32 Å². The molecule has 0 aliphatic heterocycles. The fourth-order valence-corrected chi connectivity index (χ4v) is 1.85. The first kappa shape index (κ1) is 15.4. The van der Waals surface area contributed by atoms with Crippen molar-refractivity contribution in [3.05, 3.63) is 58.6 Å². The van der Waals surface area contributed by atoms with Crippen LogP contribution >= 0.6 is 11.6 Å². The molecule has 3 heteroatoms. The molecule has 0 saturated heterocycles. The molecule has 0 amide bonds. The van der Waals surface area contributed by atoms with Gasteiger partial charge in [0.2, 0.25) is 0 Å². The predicted molar refractivity (Wildman–Crippen MR) is 85.7 cm³/mol. The second kappa shape index (κ2) is 7.70. The van der Waals surface area contributed by atoms with Gasteiger partial charge in [0.15, 0.2) is 0 Å². The van der Waals surface area contributed by atoms with E-state index in [1.165, 1.54) is 5.56 Å². The Morgan fingerprint density at radius 1 is 1.05 bits per heavy atom. The van der Waals surface area contributed by atoms with Crippen LogP contribution in [0.15, 0.2) is 42.5 Å². The second-order valence-corrected chi connectivity index (χ2v) is 4.46. The van der Waals surface area contributed by atoms with Gasteiger partial charge in [0.25, 0.3) is 0 Å². The van der Waals surface area contributed by atoms with Gasteiger partial charge in [-0.2, -0.15) is 0 Å². The van der Waals surface area contributed by atoms with Crippen LogP contribution in [0, 0.1) is 6.92 Å². The number of nitrogens with one attached hydrogen (secondary N) is 1. The Balaban J connectivity index is 0.000000861. The van der Waals surface area contributed by atoms with Crippen molar-refractivity contribution in [2.75, 3.05) is 11.1 Å². The first-order valence-corrected chi connectivity index (χ1v) is 6.88. The fourth-order valence-electron chi connectivity index (χ4n) is 1.72. The van der Waals surface area contributed by atoms with Crippen molar-refractivity contribution >= 4 is 23.0 Å². The van der Waals surface area contributed by atoms with Crippen LogP contribution < -0.4 is 11.1 Å². The van der Waals surface area contributed by atoms with Crippen molar-refractivity contribution in [2.24, 2.45) is 0 Å². The minimum absolute atomic E-state index is 0.742. The molecule has 0 fully saturated rings. The van der Waals surface area contributed by atoms with E-state index in [4.69, 9.17) is 17.3 Å².